The molecule has 0 aromatic heterocycles. The molecule has 0 N–H and O–H groups in total. The van der Waals surface area contributed by atoms with E-state index in [2.05, 4.69) is 6.92 Å². The van der Waals surface area contributed by atoms with Gasteiger partial charge in [0.05, 0.1) is 12.9 Å². The van der Waals surface area contributed by atoms with Gasteiger partial charge in [0.1, 0.15) is 0 Å². The molecule has 0 amide bonds. The fourth-order valence-electron chi connectivity index (χ4n) is 2.43. The van der Waals surface area contributed by atoms with Crippen LogP contribution < -0.4 is 0 Å². The van der Waals surface area contributed by atoms with E-state index >= 15 is 0 Å². The highest BCUT2D eigenvalue weighted by Gasteiger charge is 1.94. The van der Waals surface area contributed by atoms with Crippen LogP contribution in [0.1, 0.15) is 97.3 Å². The van der Waals surface area contributed by atoms with E-state index < -0.39 is 8.25 Å². The summed E-state index contributed by atoms with van der Waals surface area (Å²) in [5.41, 5.74) is 0. The molecule has 132 valence electrons. The van der Waals surface area contributed by atoms with Crippen molar-refractivity contribution in [3.05, 3.63) is 12.3 Å². The average Bonchev–Trinajstić information content (AvgIpc) is 2.51. The first-order valence-electron chi connectivity index (χ1n) is 9.29. The highest BCUT2D eigenvalue weighted by atomic mass is 31.1. The Morgan fingerprint density at radius 3 is 1.77 bits per heavy atom. The topological polar surface area (TPSA) is 35.5 Å². The molecule has 1 unspecified atom stereocenters. The SMILES string of the molecule is CCCCCCCCCCCCCCC=CO[PH](=O)OCC. The van der Waals surface area contributed by atoms with Crippen LogP contribution in [0.3, 0.4) is 0 Å². The molecule has 0 bridgehead atoms. The predicted octanol–water partition coefficient (Wildman–Crippen LogP) is 7.03. The molecule has 0 rings (SSSR count). The zero-order valence-corrected chi connectivity index (χ0v) is 15.8. The maximum atomic E-state index is 11.1. The number of allylic oxidation sites excluding steroid dienone is 1. The molecule has 0 saturated heterocycles. The summed E-state index contributed by atoms with van der Waals surface area (Å²) in [5, 5.41) is 0. The average molecular weight is 332 g/mol. The molecule has 0 aliphatic heterocycles. The Morgan fingerprint density at radius 1 is 0.773 bits per heavy atom. The molecule has 3 nitrogen and oxygen atoms in total. The Bertz CT molecular complexity index is 267. The van der Waals surface area contributed by atoms with Gasteiger partial charge in [0.25, 0.3) is 0 Å². The molecule has 0 heterocycles. The van der Waals surface area contributed by atoms with Crippen LogP contribution in [-0.2, 0) is 13.6 Å². The van der Waals surface area contributed by atoms with Crippen molar-refractivity contribution in [1.29, 1.82) is 0 Å². The van der Waals surface area contributed by atoms with Gasteiger partial charge >= 0.3 is 8.25 Å². The lowest BCUT2D eigenvalue weighted by atomic mass is 10.0. The van der Waals surface area contributed by atoms with Gasteiger partial charge < -0.3 is 9.05 Å². The Kier molecular flexibility index (Phi) is 18.5. The number of hydrogen-bond acceptors (Lipinski definition) is 3. The quantitative estimate of drug-likeness (QED) is 0.163. The van der Waals surface area contributed by atoms with Crippen molar-refractivity contribution in [2.24, 2.45) is 0 Å². The minimum Gasteiger partial charge on any atom is -0.435 e. The summed E-state index contributed by atoms with van der Waals surface area (Å²) in [6.45, 7) is 4.51. The van der Waals surface area contributed by atoms with E-state index in [1.165, 1.54) is 83.3 Å². The van der Waals surface area contributed by atoms with E-state index in [1.807, 2.05) is 13.0 Å². The van der Waals surface area contributed by atoms with Gasteiger partial charge in [-0.05, 0) is 25.8 Å². The Balaban J connectivity index is 3.11. The van der Waals surface area contributed by atoms with Crippen LogP contribution in [0.25, 0.3) is 0 Å². The van der Waals surface area contributed by atoms with Crippen molar-refractivity contribution in [2.75, 3.05) is 6.61 Å². The second-order valence-corrected chi connectivity index (χ2v) is 6.87. The fraction of sp³-hybridized carbons (Fsp3) is 0.889. The van der Waals surface area contributed by atoms with E-state index in [0.717, 1.165) is 6.42 Å². The van der Waals surface area contributed by atoms with Gasteiger partial charge in [-0.25, -0.2) is 4.57 Å². The molecule has 0 aromatic carbocycles. The second kappa shape index (κ2) is 18.8. The summed E-state index contributed by atoms with van der Waals surface area (Å²) < 4.78 is 20.8. The van der Waals surface area contributed by atoms with Crippen molar-refractivity contribution in [3.63, 3.8) is 0 Å². The largest absolute Gasteiger partial charge is 0.435 e. The Hall–Kier alpha value is -0.270. The molecule has 4 heteroatoms. The third-order valence-electron chi connectivity index (χ3n) is 3.75. The Labute approximate surface area is 138 Å². The summed E-state index contributed by atoms with van der Waals surface area (Å²) in [6, 6.07) is 0. The monoisotopic (exact) mass is 332 g/mol. The third-order valence-corrected chi connectivity index (χ3v) is 4.60. The Morgan fingerprint density at radius 2 is 1.27 bits per heavy atom. The van der Waals surface area contributed by atoms with Crippen molar-refractivity contribution in [2.45, 2.75) is 97.3 Å². The van der Waals surface area contributed by atoms with Crippen LogP contribution in [0.2, 0.25) is 0 Å². The van der Waals surface area contributed by atoms with Crippen molar-refractivity contribution in [3.8, 4) is 0 Å². The van der Waals surface area contributed by atoms with E-state index in [9.17, 15) is 4.57 Å². The minimum atomic E-state index is -2.29. The van der Waals surface area contributed by atoms with Gasteiger partial charge in [-0.3, -0.25) is 0 Å². The molecule has 0 spiro atoms. The zero-order valence-electron chi connectivity index (χ0n) is 14.8. The predicted molar refractivity (Wildman–Crippen MR) is 96.5 cm³/mol. The molecule has 22 heavy (non-hydrogen) atoms. The lowest BCUT2D eigenvalue weighted by Crippen LogP contribution is -1.82. The maximum Gasteiger partial charge on any atom is 0.367 e. The fourth-order valence-corrected chi connectivity index (χ4v) is 2.94. The number of rotatable bonds is 17. The first-order valence-corrected chi connectivity index (χ1v) is 10.5. The summed E-state index contributed by atoms with van der Waals surface area (Å²) >= 11 is 0. The van der Waals surface area contributed by atoms with Crippen LogP contribution in [0.4, 0.5) is 0 Å². The van der Waals surface area contributed by atoms with Crippen molar-refractivity contribution >= 4 is 8.25 Å². The first-order chi connectivity index (χ1) is 10.8. The number of unbranched alkanes of at least 4 members (excludes halogenated alkanes) is 12. The van der Waals surface area contributed by atoms with Gasteiger partial charge in [-0.1, -0.05) is 77.6 Å². The summed E-state index contributed by atoms with van der Waals surface area (Å²) in [4.78, 5) is 0. The standard InChI is InChI=1S/C18H37O3P/c1-3-5-6-7-8-9-10-11-12-13-14-15-16-17-18-21-22(19)20-4-2/h17-18,22H,3-16H2,1-2H3. The van der Waals surface area contributed by atoms with Crippen LogP contribution >= 0.6 is 8.25 Å². The van der Waals surface area contributed by atoms with Crippen LogP contribution in [0.5, 0.6) is 0 Å². The van der Waals surface area contributed by atoms with E-state index in [-0.39, 0.29) is 0 Å². The molecule has 0 fully saturated rings. The zero-order chi connectivity index (χ0) is 16.3. The van der Waals surface area contributed by atoms with Gasteiger partial charge in [0.15, 0.2) is 0 Å². The van der Waals surface area contributed by atoms with Crippen LogP contribution in [-0.4, -0.2) is 6.61 Å². The van der Waals surface area contributed by atoms with E-state index in [0.29, 0.717) is 6.61 Å². The lowest BCUT2D eigenvalue weighted by Gasteiger charge is -2.02. The van der Waals surface area contributed by atoms with E-state index in [1.54, 1.807) is 0 Å². The van der Waals surface area contributed by atoms with Gasteiger partial charge in [-0.2, -0.15) is 0 Å². The van der Waals surface area contributed by atoms with Gasteiger partial charge in [0.2, 0.25) is 0 Å². The second-order valence-electron chi connectivity index (χ2n) is 5.85. The molecular weight excluding hydrogens is 295 g/mol. The highest BCUT2D eigenvalue weighted by Crippen LogP contribution is 2.23. The lowest BCUT2D eigenvalue weighted by molar-refractivity contribution is 0.285. The van der Waals surface area contributed by atoms with Crippen LogP contribution in [0, 0.1) is 0 Å². The molecule has 0 aromatic rings. The third kappa shape index (κ3) is 17.8. The van der Waals surface area contributed by atoms with Gasteiger partial charge in [-0.15, -0.1) is 0 Å². The number of hydrogen-bond donors (Lipinski definition) is 0. The maximum absolute atomic E-state index is 11.1. The van der Waals surface area contributed by atoms with Crippen molar-refractivity contribution < 1.29 is 13.6 Å². The molecule has 0 aliphatic rings. The van der Waals surface area contributed by atoms with Gasteiger partial charge in [0, 0.05) is 0 Å². The van der Waals surface area contributed by atoms with Crippen LogP contribution in [0.15, 0.2) is 12.3 Å². The summed E-state index contributed by atoms with van der Waals surface area (Å²) in [7, 11) is -2.29. The van der Waals surface area contributed by atoms with Crippen molar-refractivity contribution in [1.82, 2.24) is 0 Å². The highest BCUT2D eigenvalue weighted by molar-refractivity contribution is 7.33. The first kappa shape index (κ1) is 21.7. The molecule has 0 radical (unpaired) electrons. The summed E-state index contributed by atoms with van der Waals surface area (Å²) in [5.74, 6) is 0. The van der Waals surface area contributed by atoms with E-state index in [4.69, 9.17) is 9.05 Å². The molecular formula is C18H37O3P. The molecule has 0 aliphatic carbocycles. The summed E-state index contributed by atoms with van der Waals surface area (Å²) in [6.07, 6.45) is 20.9. The molecule has 0 saturated carbocycles. The normalized spacial score (nSPS) is 12.8. The minimum absolute atomic E-state index is 0.435. The smallest absolute Gasteiger partial charge is 0.367 e. The molecule has 1 atom stereocenters.